The highest BCUT2D eigenvalue weighted by molar-refractivity contribution is 6.30. The van der Waals surface area contributed by atoms with E-state index in [1.165, 1.54) is 26.0 Å². The molecule has 2 unspecified atom stereocenters. The maximum atomic E-state index is 13.5. The number of nitrogens with one attached hydrogen (secondary N) is 2. The van der Waals surface area contributed by atoms with Crippen LogP contribution in [0.3, 0.4) is 0 Å². The highest BCUT2D eigenvalue weighted by Crippen LogP contribution is 2.22. The molecule has 0 fully saturated rings. The average molecular weight is 331 g/mol. The lowest BCUT2D eigenvalue weighted by Crippen LogP contribution is -2.45. The predicted molar refractivity (Wildman–Crippen MR) is 77.8 cm³/mol. The summed E-state index contributed by atoms with van der Waals surface area (Å²) in [6.45, 7) is 2.71. The van der Waals surface area contributed by atoms with Crippen molar-refractivity contribution in [1.82, 2.24) is 10.6 Å². The number of benzene rings is 1. The van der Waals surface area contributed by atoms with E-state index in [2.05, 4.69) is 10.6 Å². The second-order valence-electron chi connectivity index (χ2n) is 4.75. The monoisotopic (exact) mass is 330 g/mol. The van der Waals surface area contributed by atoms with Gasteiger partial charge in [0.15, 0.2) is 0 Å². The molecule has 120 valence electrons. The molecule has 0 saturated heterocycles. The maximum Gasteiger partial charge on any atom is 0.305 e. The van der Waals surface area contributed by atoms with Crippen LogP contribution < -0.4 is 10.6 Å². The van der Waals surface area contributed by atoms with Gasteiger partial charge in [-0.15, -0.1) is 0 Å². The van der Waals surface area contributed by atoms with Crippen LogP contribution in [0.25, 0.3) is 0 Å². The van der Waals surface area contributed by atoms with Crippen molar-refractivity contribution in [3.63, 3.8) is 0 Å². The van der Waals surface area contributed by atoms with Gasteiger partial charge in [0.1, 0.15) is 11.9 Å². The Labute approximate surface area is 131 Å². The summed E-state index contributed by atoms with van der Waals surface area (Å²) in [6, 6.07) is 2.01. The fraction of sp³-hybridized carbons (Fsp3) is 0.357. The summed E-state index contributed by atoms with van der Waals surface area (Å²) in [5, 5.41) is 13.7. The van der Waals surface area contributed by atoms with Crippen molar-refractivity contribution in [1.29, 1.82) is 0 Å². The van der Waals surface area contributed by atoms with E-state index >= 15 is 0 Å². The second kappa shape index (κ2) is 7.74. The summed E-state index contributed by atoms with van der Waals surface area (Å²) >= 11 is 5.58. The Kier molecular flexibility index (Phi) is 6.30. The first-order valence-corrected chi connectivity index (χ1v) is 6.82. The van der Waals surface area contributed by atoms with Gasteiger partial charge in [0.05, 0.1) is 17.5 Å². The molecule has 8 heteroatoms. The number of carboxylic acid groups (broad SMARTS) is 1. The zero-order chi connectivity index (χ0) is 16.9. The van der Waals surface area contributed by atoms with Crippen molar-refractivity contribution in [3.05, 3.63) is 34.6 Å². The van der Waals surface area contributed by atoms with E-state index in [4.69, 9.17) is 16.7 Å². The molecular formula is C14H16ClFN2O4. The van der Waals surface area contributed by atoms with E-state index in [0.29, 0.717) is 0 Å². The summed E-state index contributed by atoms with van der Waals surface area (Å²) in [5.74, 6) is -2.83. The first kappa shape index (κ1) is 17.9. The molecule has 6 nitrogen and oxygen atoms in total. The lowest BCUT2D eigenvalue weighted by molar-refractivity contribution is -0.138. The molecule has 0 radical (unpaired) electrons. The minimum Gasteiger partial charge on any atom is -0.481 e. The molecule has 1 rings (SSSR count). The third-order valence-corrected chi connectivity index (χ3v) is 3.16. The van der Waals surface area contributed by atoms with E-state index in [0.717, 1.165) is 6.07 Å². The maximum absolute atomic E-state index is 13.5. The molecule has 0 spiro atoms. The molecule has 0 aliphatic rings. The lowest BCUT2D eigenvalue weighted by Gasteiger charge is -2.20. The molecule has 3 N–H and O–H groups in total. The summed E-state index contributed by atoms with van der Waals surface area (Å²) in [5.41, 5.74) is 0.271. The van der Waals surface area contributed by atoms with Crippen LogP contribution in [0.4, 0.5) is 4.39 Å². The van der Waals surface area contributed by atoms with Crippen LogP contribution in [0.2, 0.25) is 5.02 Å². The Morgan fingerprint density at radius 1 is 1.32 bits per heavy atom. The largest absolute Gasteiger partial charge is 0.481 e. The highest BCUT2D eigenvalue weighted by Gasteiger charge is 2.22. The van der Waals surface area contributed by atoms with Gasteiger partial charge in [-0.3, -0.25) is 14.4 Å². The summed E-state index contributed by atoms with van der Waals surface area (Å²) in [7, 11) is 0. The molecule has 1 aromatic rings. The highest BCUT2D eigenvalue weighted by atomic mass is 35.5. The number of rotatable bonds is 6. The van der Waals surface area contributed by atoms with E-state index in [1.807, 2.05) is 0 Å². The number of aliphatic carboxylic acids is 1. The van der Waals surface area contributed by atoms with E-state index in [9.17, 15) is 18.8 Å². The van der Waals surface area contributed by atoms with Crippen molar-refractivity contribution in [3.8, 4) is 0 Å². The van der Waals surface area contributed by atoms with Crippen LogP contribution in [0.15, 0.2) is 18.2 Å². The van der Waals surface area contributed by atoms with Crippen LogP contribution in [-0.2, 0) is 14.4 Å². The number of amides is 2. The van der Waals surface area contributed by atoms with Gasteiger partial charge in [0, 0.05) is 6.92 Å². The lowest BCUT2D eigenvalue weighted by atomic mass is 10.0. The first-order chi connectivity index (χ1) is 10.2. The summed E-state index contributed by atoms with van der Waals surface area (Å²) in [6.07, 6.45) is -0.431. The fourth-order valence-corrected chi connectivity index (χ4v) is 1.94. The predicted octanol–water partition coefficient (Wildman–Crippen LogP) is 1.64. The van der Waals surface area contributed by atoms with Gasteiger partial charge >= 0.3 is 5.97 Å². The van der Waals surface area contributed by atoms with Crippen LogP contribution >= 0.6 is 11.6 Å². The van der Waals surface area contributed by atoms with E-state index in [1.54, 1.807) is 0 Å². The van der Waals surface area contributed by atoms with Crippen molar-refractivity contribution in [2.75, 3.05) is 0 Å². The molecule has 0 aliphatic carbocycles. The Hall–Kier alpha value is -2.15. The molecule has 0 bridgehead atoms. The van der Waals surface area contributed by atoms with Crippen LogP contribution in [0, 0.1) is 5.82 Å². The van der Waals surface area contributed by atoms with E-state index < -0.39 is 42.1 Å². The molecule has 0 aromatic heterocycles. The average Bonchev–Trinajstić information content (AvgIpc) is 2.39. The standard InChI is InChI=1S/C14H16ClFN2O4/c1-7(17-8(2)19)14(22)18-12(6-13(20)21)9-3-4-10(15)11(16)5-9/h3-5,7,12H,6H2,1-2H3,(H,17,19)(H,18,22)(H,20,21). The SMILES string of the molecule is CC(=O)NC(C)C(=O)NC(CC(=O)O)c1ccc(Cl)c(F)c1. The Balaban J connectivity index is 2.93. The molecule has 2 amide bonds. The number of carboxylic acids is 1. The van der Waals surface area contributed by atoms with Crippen molar-refractivity contribution in [2.24, 2.45) is 0 Å². The third kappa shape index (κ3) is 5.33. The minimum absolute atomic E-state index is 0.101. The second-order valence-corrected chi connectivity index (χ2v) is 5.16. The molecular weight excluding hydrogens is 315 g/mol. The normalized spacial score (nSPS) is 13.1. The van der Waals surface area contributed by atoms with Gasteiger partial charge in [-0.1, -0.05) is 17.7 Å². The molecule has 2 atom stereocenters. The number of halogens is 2. The van der Waals surface area contributed by atoms with Gasteiger partial charge in [0.25, 0.3) is 0 Å². The Morgan fingerprint density at radius 2 is 1.95 bits per heavy atom. The molecule has 0 aliphatic heterocycles. The molecule has 0 saturated carbocycles. The molecule has 22 heavy (non-hydrogen) atoms. The van der Waals surface area contributed by atoms with Gasteiger partial charge in [0.2, 0.25) is 11.8 Å². The summed E-state index contributed by atoms with van der Waals surface area (Å²) in [4.78, 5) is 33.8. The quantitative estimate of drug-likeness (QED) is 0.738. The molecule has 1 aromatic carbocycles. The van der Waals surface area contributed by atoms with Gasteiger partial charge in [-0.05, 0) is 24.6 Å². The first-order valence-electron chi connectivity index (χ1n) is 6.45. The minimum atomic E-state index is -1.16. The number of carbonyl (C=O) groups excluding carboxylic acids is 2. The Morgan fingerprint density at radius 3 is 2.45 bits per heavy atom. The van der Waals surface area contributed by atoms with Crippen molar-refractivity contribution in [2.45, 2.75) is 32.4 Å². The zero-order valence-corrected chi connectivity index (χ0v) is 12.8. The van der Waals surface area contributed by atoms with Crippen LogP contribution in [0.1, 0.15) is 31.9 Å². The topological polar surface area (TPSA) is 95.5 Å². The number of carbonyl (C=O) groups is 3. The number of hydrogen-bond donors (Lipinski definition) is 3. The fourth-order valence-electron chi connectivity index (χ4n) is 1.82. The van der Waals surface area contributed by atoms with Crippen molar-refractivity contribution < 1.29 is 23.9 Å². The Bertz CT molecular complexity index is 594. The smallest absolute Gasteiger partial charge is 0.305 e. The van der Waals surface area contributed by atoms with Crippen molar-refractivity contribution >= 4 is 29.4 Å². The van der Waals surface area contributed by atoms with E-state index in [-0.39, 0.29) is 10.6 Å². The van der Waals surface area contributed by atoms with Gasteiger partial charge in [-0.25, -0.2) is 4.39 Å². The molecule has 0 heterocycles. The number of hydrogen-bond acceptors (Lipinski definition) is 3. The zero-order valence-electron chi connectivity index (χ0n) is 12.0. The van der Waals surface area contributed by atoms with Gasteiger partial charge in [-0.2, -0.15) is 0 Å². The third-order valence-electron chi connectivity index (χ3n) is 2.85. The van der Waals surface area contributed by atoms with Crippen LogP contribution in [-0.4, -0.2) is 28.9 Å². The van der Waals surface area contributed by atoms with Crippen LogP contribution in [0.5, 0.6) is 0 Å². The summed E-state index contributed by atoms with van der Waals surface area (Å²) < 4.78 is 13.5. The van der Waals surface area contributed by atoms with Gasteiger partial charge < -0.3 is 15.7 Å².